The molecule has 72 valence electrons. The number of hydrogen-bond donors (Lipinski definition) is 1. The molecule has 1 saturated heterocycles. The quantitative estimate of drug-likeness (QED) is 0.690. The summed E-state index contributed by atoms with van der Waals surface area (Å²) in [5.74, 6) is 0. The Hall–Kier alpha value is -0.0800. The molecule has 0 aromatic rings. The van der Waals surface area contributed by atoms with E-state index < -0.39 is 0 Å². The highest BCUT2D eigenvalue weighted by molar-refractivity contribution is 4.84. The van der Waals surface area contributed by atoms with Gasteiger partial charge < -0.3 is 5.32 Å². The fourth-order valence-corrected chi connectivity index (χ4v) is 2.22. The summed E-state index contributed by atoms with van der Waals surface area (Å²) in [7, 11) is 0. The minimum absolute atomic E-state index is 0.679. The van der Waals surface area contributed by atoms with E-state index in [0.717, 1.165) is 6.04 Å². The molecule has 1 aliphatic heterocycles. The van der Waals surface area contributed by atoms with Gasteiger partial charge in [-0.15, -0.1) is 0 Å². The Morgan fingerprint density at radius 2 is 2.00 bits per heavy atom. The van der Waals surface area contributed by atoms with Crippen LogP contribution >= 0.6 is 0 Å². The van der Waals surface area contributed by atoms with Crippen molar-refractivity contribution in [3.8, 4) is 0 Å². The van der Waals surface area contributed by atoms with E-state index >= 15 is 0 Å². The minimum atomic E-state index is 0.679. The molecule has 1 heterocycles. The van der Waals surface area contributed by atoms with Crippen molar-refractivity contribution in [3.05, 3.63) is 0 Å². The van der Waals surface area contributed by atoms with E-state index in [1.165, 1.54) is 32.5 Å². The van der Waals surface area contributed by atoms with Crippen molar-refractivity contribution < 1.29 is 0 Å². The SMILES string of the molecule is CCN(CC)C1CCCNC1C. The van der Waals surface area contributed by atoms with E-state index in [0.29, 0.717) is 6.04 Å². The van der Waals surface area contributed by atoms with Gasteiger partial charge in [-0.25, -0.2) is 0 Å². The van der Waals surface area contributed by atoms with E-state index in [1.807, 2.05) is 0 Å². The molecular weight excluding hydrogens is 148 g/mol. The Bertz CT molecular complexity index is 121. The van der Waals surface area contributed by atoms with Crippen molar-refractivity contribution in [2.45, 2.75) is 45.7 Å². The molecule has 12 heavy (non-hydrogen) atoms. The highest BCUT2D eigenvalue weighted by Crippen LogP contribution is 2.14. The Kier molecular flexibility index (Phi) is 4.02. The van der Waals surface area contributed by atoms with E-state index in [9.17, 15) is 0 Å². The Labute approximate surface area is 76.3 Å². The van der Waals surface area contributed by atoms with Crippen LogP contribution in [0.1, 0.15) is 33.6 Å². The molecule has 0 amide bonds. The summed E-state index contributed by atoms with van der Waals surface area (Å²) < 4.78 is 0. The molecule has 1 rings (SSSR count). The predicted octanol–water partition coefficient (Wildman–Crippen LogP) is 1.47. The molecule has 2 nitrogen and oxygen atoms in total. The molecule has 0 bridgehead atoms. The molecular formula is C10H22N2. The number of nitrogens with zero attached hydrogens (tertiary/aromatic N) is 1. The molecule has 2 heteroatoms. The average molecular weight is 170 g/mol. The van der Waals surface area contributed by atoms with Gasteiger partial charge >= 0.3 is 0 Å². The minimum Gasteiger partial charge on any atom is -0.313 e. The van der Waals surface area contributed by atoms with Crippen LogP contribution in [0.5, 0.6) is 0 Å². The summed E-state index contributed by atoms with van der Waals surface area (Å²) in [5.41, 5.74) is 0. The van der Waals surface area contributed by atoms with Gasteiger partial charge in [0, 0.05) is 12.1 Å². The van der Waals surface area contributed by atoms with Crippen molar-refractivity contribution in [2.24, 2.45) is 0 Å². The number of nitrogens with one attached hydrogen (secondary N) is 1. The Morgan fingerprint density at radius 3 is 2.50 bits per heavy atom. The molecule has 1 N–H and O–H groups in total. The van der Waals surface area contributed by atoms with Crippen LogP contribution in [0.15, 0.2) is 0 Å². The number of rotatable bonds is 3. The van der Waals surface area contributed by atoms with Crippen LogP contribution in [-0.2, 0) is 0 Å². The van der Waals surface area contributed by atoms with Gasteiger partial charge in [-0.05, 0) is 39.4 Å². The van der Waals surface area contributed by atoms with Crippen molar-refractivity contribution in [3.63, 3.8) is 0 Å². The highest BCUT2D eigenvalue weighted by atomic mass is 15.2. The third-order valence-electron chi connectivity index (χ3n) is 3.00. The topological polar surface area (TPSA) is 15.3 Å². The summed E-state index contributed by atoms with van der Waals surface area (Å²) in [4.78, 5) is 2.57. The molecule has 0 spiro atoms. The van der Waals surface area contributed by atoms with Crippen LogP contribution in [0.3, 0.4) is 0 Å². The summed E-state index contributed by atoms with van der Waals surface area (Å²) in [5, 5.41) is 3.54. The van der Waals surface area contributed by atoms with Crippen LogP contribution < -0.4 is 5.32 Å². The van der Waals surface area contributed by atoms with Crippen LogP contribution in [0, 0.1) is 0 Å². The molecule has 1 fully saturated rings. The zero-order chi connectivity index (χ0) is 8.97. The van der Waals surface area contributed by atoms with Crippen molar-refractivity contribution >= 4 is 0 Å². The van der Waals surface area contributed by atoms with Gasteiger partial charge in [0.1, 0.15) is 0 Å². The first kappa shape index (κ1) is 10.0. The van der Waals surface area contributed by atoms with Gasteiger partial charge in [-0.3, -0.25) is 4.90 Å². The van der Waals surface area contributed by atoms with Crippen LogP contribution in [-0.4, -0.2) is 36.6 Å². The maximum absolute atomic E-state index is 3.54. The van der Waals surface area contributed by atoms with Crippen molar-refractivity contribution in [1.82, 2.24) is 10.2 Å². The molecule has 2 atom stereocenters. The molecule has 1 aliphatic rings. The molecule has 0 aromatic heterocycles. The van der Waals surface area contributed by atoms with Crippen LogP contribution in [0.2, 0.25) is 0 Å². The van der Waals surface area contributed by atoms with Crippen LogP contribution in [0.25, 0.3) is 0 Å². The number of piperidine rings is 1. The van der Waals surface area contributed by atoms with Gasteiger partial charge in [0.2, 0.25) is 0 Å². The average Bonchev–Trinajstić information content (AvgIpc) is 2.10. The highest BCUT2D eigenvalue weighted by Gasteiger charge is 2.24. The van der Waals surface area contributed by atoms with E-state index in [4.69, 9.17) is 0 Å². The lowest BCUT2D eigenvalue weighted by Gasteiger charge is -2.38. The number of hydrogen-bond acceptors (Lipinski definition) is 2. The summed E-state index contributed by atoms with van der Waals surface area (Å²) >= 11 is 0. The van der Waals surface area contributed by atoms with Gasteiger partial charge in [-0.2, -0.15) is 0 Å². The second-order valence-electron chi connectivity index (χ2n) is 3.67. The van der Waals surface area contributed by atoms with E-state index in [2.05, 4.69) is 31.0 Å². The Morgan fingerprint density at radius 1 is 1.33 bits per heavy atom. The molecule has 0 radical (unpaired) electrons. The predicted molar refractivity (Wildman–Crippen MR) is 53.4 cm³/mol. The Balaban J connectivity index is 2.45. The summed E-state index contributed by atoms with van der Waals surface area (Å²) in [6.45, 7) is 10.4. The fourth-order valence-electron chi connectivity index (χ4n) is 2.22. The van der Waals surface area contributed by atoms with Gasteiger partial charge in [0.15, 0.2) is 0 Å². The first-order valence-electron chi connectivity index (χ1n) is 5.27. The first-order chi connectivity index (χ1) is 5.79. The fraction of sp³-hybridized carbons (Fsp3) is 1.00. The van der Waals surface area contributed by atoms with E-state index in [1.54, 1.807) is 0 Å². The van der Waals surface area contributed by atoms with Gasteiger partial charge in [0.05, 0.1) is 0 Å². The van der Waals surface area contributed by atoms with Gasteiger partial charge in [-0.1, -0.05) is 13.8 Å². The number of likely N-dealkylation sites (N-methyl/N-ethyl adjacent to an activating group) is 1. The summed E-state index contributed by atoms with van der Waals surface area (Å²) in [6, 6.07) is 1.45. The molecule has 2 unspecified atom stereocenters. The largest absolute Gasteiger partial charge is 0.313 e. The summed E-state index contributed by atoms with van der Waals surface area (Å²) in [6.07, 6.45) is 2.71. The molecule has 0 saturated carbocycles. The lowest BCUT2D eigenvalue weighted by molar-refractivity contribution is 0.147. The first-order valence-corrected chi connectivity index (χ1v) is 5.27. The normalized spacial score (nSPS) is 31.0. The molecule has 0 aliphatic carbocycles. The monoisotopic (exact) mass is 170 g/mol. The second kappa shape index (κ2) is 4.83. The maximum Gasteiger partial charge on any atom is 0.0246 e. The lowest BCUT2D eigenvalue weighted by atomic mass is 9.98. The van der Waals surface area contributed by atoms with Crippen LogP contribution in [0.4, 0.5) is 0 Å². The maximum atomic E-state index is 3.54. The van der Waals surface area contributed by atoms with Gasteiger partial charge in [0.25, 0.3) is 0 Å². The molecule has 0 aromatic carbocycles. The standard InChI is InChI=1S/C10H22N2/c1-4-12(5-2)10-7-6-8-11-9(10)3/h9-11H,4-8H2,1-3H3. The van der Waals surface area contributed by atoms with Crippen molar-refractivity contribution in [1.29, 1.82) is 0 Å². The zero-order valence-electron chi connectivity index (χ0n) is 8.64. The lowest BCUT2D eigenvalue weighted by Crippen LogP contribution is -2.51. The second-order valence-corrected chi connectivity index (χ2v) is 3.67. The smallest absolute Gasteiger partial charge is 0.0246 e. The van der Waals surface area contributed by atoms with Crippen molar-refractivity contribution in [2.75, 3.05) is 19.6 Å². The third kappa shape index (κ3) is 2.20. The van der Waals surface area contributed by atoms with E-state index in [-0.39, 0.29) is 0 Å². The zero-order valence-corrected chi connectivity index (χ0v) is 8.64. The third-order valence-corrected chi connectivity index (χ3v) is 3.00.